The fourth-order valence-electron chi connectivity index (χ4n) is 1.40. The highest BCUT2D eigenvalue weighted by Crippen LogP contribution is 2.20. The topological polar surface area (TPSA) is 15.6 Å². The van der Waals surface area contributed by atoms with E-state index in [4.69, 9.17) is 0 Å². The van der Waals surface area contributed by atoms with Gasteiger partial charge in [0.1, 0.15) is 0 Å². The average molecular weight is 206 g/mol. The highest BCUT2D eigenvalue weighted by Gasteiger charge is 2.12. The zero-order chi connectivity index (χ0) is 9.80. The van der Waals surface area contributed by atoms with Gasteiger partial charge >= 0.3 is 0 Å². The second kappa shape index (κ2) is 4.51. The largest absolute Gasteiger partial charge is 0.354 e. The second-order valence-corrected chi connectivity index (χ2v) is 4.42. The third-order valence-corrected chi connectivity index (χ3v) is 3.33. The van der Waals surface area contributed by atoms with Crippen LogP contribution in [0.4, 0.5) is 5.69 Å². The summed E-state index contributed by atoms with van der Waals surface area (Å²) in [5.74, 6) is 1.19. The minimum Gasteiger partial charge on any atom is -0.354 e. The Hall–Kier alpha value is -0.960. The molecule has 1 heterocycles. The molecule has 0 saturated carbocycles. The van der Waals surface area contributed by atoms with E-state index in [1.165, 1.54) is 12.2 Å². The molecule has 1 aliphatic rings. The van der Waals surface area contributed by atoms with E-state index in [-0.39, 0.29) is 0 Å². The smallest absolute Gasteiger partial charge is 0.164 e. The van der Waals surface area contributed by atoms with Crippen molar-refractivity contribution in [1.29, 1.82) is 0 Å². The number of thioether (sulfide) groups is 1. The molecule has 2 nitrogen and oxygen atoms in total. The summed E-state index contributed by atoms with van der Waals surface area (Å²) in [6.07, 6.45) is 1.26. The van der Waals surface area contributed by atoms with E-state index in [1.807, 2.05) is 42.1 Å². The number of hydrogen-bond donors (Lipinski definition) is 0. The molecule has 1 saturated heterocycles. The van der Waals surface area contributed by atoms with Gasteiger partial charge in [0.2, 0.25) is 0 Å². The number of hydrogen-bond acceptors (Lipinski definition) is 2. The van der Waals surface area contributed by atoms with E-state index < -0.39 is 0 Å². The summed E-state index contributed by atoms with van der Waals surface area (Å²) in [4.78, 5) is 6.83. The Morgan fingerprint density at radius 3 is 2.79 bits per heavy atom. The number of amidine groups is 1. The standard InChI is InChI=1S/C11H14N2S/c1-13-8-5-9-14-11(13)12-10-6-3-2-4-7-10/h2-4,6-7H,5,8-9H2,1H3. The first kappa shape index (κ1) is 9.59. The predicted molar refractivity (Wildman–Crippen MR) is 63.2 cm³/mol. The van der Waals surface area contributed by atoms with Crippen LogP contribution in [-0.4, -0.2) is 29.4 Å². The van der Waals surface area contributed by atoms with E-state index >= 15 is 0 Å². The Bertz CT molecular complexity index is 321. The molecule has 0 aliphatic carbocycles. The Labute approximate surface area is 89.0 Å². The van der Waals surface area contributed by atoms with Crippen molar-refractivity contribution < 1.29 is 0 Å². The van der Waals surface area contributed by atoms with Gasteiger partial charge in [-0.05, 0) is 18.6 Å². The lowest BCUT2D eigenvalue weighted by molar-refractivity contribution is 0.505. The summed E-state index contributed by atoms with van der Waals surface area (Å²) >= 11 is 1.84. The molecular formula is C11H14N2S. The van der Waals surface area contributed by atoms with Gasteiger partial charge in [-0.2, -0.15) is 0 Å². The van der Waals surface area contributed by atoms with Gasteiger partial charge in [0.25, 0.3) is 0 Å². The van der Waals surface area contributed by atoms with Crippen LogP contribution in [0, 0.1) is 0 Å². The van der Waals surface area contributed by atoms with E-state index in [0.717, 1.165) is 17.4 Å². The molecular weight excluding hydrogens is 192 g/mol. The summed E-state index contributed by atoms with van der Waals surface area (Å²) in [7, 11) is 2.11. The third-order valence-electron chi connectivity index (χ3n) is 2.18. The molecule has 0 radical (unpaired) electrons. The normalized spacial score (nSPS) is 20.1. The van der Waals surface area contributed by atoms with Crippen molar-refractivity contribution in [1.82, 2.24) is 4.90 Å². The first-order chi connectivity index (χ1) is 6.86. The molecule has 0 aromatic heterocycles. The van der Waals surface area contributed by atoms with Crippen molar-refractivity contribution >= 4 is 22.6 Å². The molecule has 0 amide bonds. The number of aliphatic imine (C=N–C) groups is 1. The minimum atomic E-state index is 1.05. The Morgan fingerprint density at radius 2 is 2.07 bits per heavy atom. The lowest BCUT2D eigenvalue weighted by atomic mass is 10.3. The summed E-state index contributed by atoms with van der Waals surface area (Å²) < 4.78 is 0. The Kier molecular flexibility index (Phi) is 3.09. The molecule has 1 fully saturated rings. The summed E-state index contributed by atoms with van der Waals surface area (Å²) in [6, 6.07) is 10.1. The molecule has 74 valence electrons. The van der Waals surface area contributed by atoms with E-state index in [0.29, 0.717) is 0 Å². The van der Waals surface area contributed by atoms with Gasteiger partial charge in [0.15, 0.2) is 5.17 Å². The van der Waals surface area contributed by atoms with E-state index in [1.54, 1.807) is 0 Å². The van der Waals surface area contributed by atoms with Crippen LogP contribution in [0.3, 0.4) is 0 Å². The van der Waals surface area contributed by atoms with Crippen LogP contribution in [0.2, 0.25) is 0 Å². The molecule has 0 atom stereocenters. The van der Waals surface area contributed by atoms with E-state index in [2.05, 4.69) is 16.9 Å². The summed E-state index contributed by atoms with van der Waals surface area (Å²) in [5, 5.41) is 1.14. The number of nitrogens with zero attached hydrogens (tertiary/aromatic N) is 2. The molecule has 1 aromatic rings. The quantitative estimate of drug-likeness (QED) is 0.702. The van der Waals surface area contributed by atoms with Crippen LogP contribution in [0.5, 0.6) is 0 Å². The second-order valence-electron chi connectivity index (χ2n) is 3.35. The van der Waals surface area contributed by atoms with Crippen molar-refractivity contribution in [2.24, 2.45) is 4.99 Å². The monoisotopic (exact) mass is 206 g/mol. The Balaban J connectivity index is 2.17. The zero-order valence-corrected chi connectivity index (χ0v) is 9.13. The number of benzene rings is 1. The number of para-hydroxylation sites is 1. The average Bonchev–Trinajstić information content (AvgIpc) is 2.23. The molecule has 1 aromatic carbocycles. The lowest BCUT2D eigenvalue weighted by Gasteiger charge is -2.25. The van der Waals surface area contributed by atoms with Crippen molar-refractivity contribution in [3.63, 3.8) is 0 Å². The van der Waals surface area contributed by atoms with Gasteiger partial charge in [-0.3, -0.25) is 0 Å². The molecule has 0 spiro atoms. The molecule has 0 unspecified atom stereocenters. The molecule has 0 bridgehead atoms. The van der Waals surface area contributed by atoms with Gasteiger partial charge in [0, 0.05) is 19.3 Å². The van der Waals surface area contributed by atoms with Gasteiger partial charge in [-0.1, -0.05) is 30.0 Å². The van der Waals surface area contributed by atoms with Crippen LogP contribution >= 0.6 is 11.8 Å². The SMILES string of the molecule is CN1CCCSC1=Nc1ccccc1. The third kappa shape index (κ3) is 2.29. The van der Waals surface area contributed by atoms with Crippen molar-refractivity contribution in [3.8, 4) is 0 Å². The summed E-state index contributed by atoms with van der Waals surface area (Å²) in [6.45, 7) is 1.12. The molecule has 3 heteroatoms. The zero-order valence-electron chi connectivity index (χ0n) is 8.31. The van der Waals surface area contributed by atoms with Crippen LogP contribution in [0.25, 0.3) is 0 Å². The van der Waals surface area contributed by atoms with Gasteiger partial charge in [-0.15, -0.1) is 0 Å². The van der Waals surface area contributed by atoms with Crippen LogP contribution < -0.4 is 0 Å². The van der Waals surface area contributed by atoms with Crippen molar-refractivity contribution in [2.75, 3.05) is 19.3 Å². The van der Waals surface area contributed by atoms with Crippen molar-refractivity contribution in [3.05, 3.63) is 30.3 Å². The highest BCUT2D eigenvalue weighted by atomic mass is 32.2. The maximum Gasteiger partial charge on any atom is 0.164 e. The molecule has 2 rings (SSSR count). The fourth-order valence-corrected chi connectivity index (χ4v) is 2.34. The molecule has 0 N–H and O–H groups in total. The maximum absolute atomic E-state index is 4.60. The van der Waals surface area contributed by atoms with Crippen molar-refractivity contribution in [2.45, 2.75) is 6.42 Å². The highest BCUT2D eigenvalue weighted by molar-refractivity contribution is 8.13. The minimum absolute atomic E-state index is 1.05. The first-order valence-corrected chi connectivity index (χ1v) is 5.82. The van der Waals surface area contributed by atoms with Crippen LogP contribution in [0.15, 0.2) is 35.3 Å². The van der Waals surface area contributed by atoms with Crippen LogP contribution in [-0.2, 0) is 0 Å². The molecule has 1 aliphatic heterocycles. The lowest BCUT2D eigenvalue weighted by Crippen LogP contribution is -2.29. The fraction of sp³-hybridized carbons (Fsp3) is 0.364. The van der Waals surface area contributed by atoms with E-state index in [9.17, 15) is 0 Å². The summed E-state index contributed by atoms with van der Waals surface area (Å²) in [5.41, 5.74) is 1.05. The number of rotatable bonds is 1. The van der Waals surface area contributed by atoms with Crippen LogP contribution in [0.1, 0.15) is 6.42 Å². The predicted octanol–water partition coefficient (Wildman–Crippen LogP) is 2.74. The van der Waals surface area contributed by atoms with Gasteiger partial charge in [-0.25, -0.2) is 4.99 Å². The maximum atomic E-state index is 4.60. The first-order valence-electron chi connectivity index (χ1n) is 4.84. The Morgan fingerprint density at radius 1 is 1.29 bits per heavy atom. The molecule has 14 heavy (non-hydrogen) atoms. The van der Waals surface area contributed by atoms with Gasteiger partial charge in [0.05, 0.1) is 5.69 Å². The van der Waals surface area contributed by atoms with Gasteiger partial charge < -0.3 is 4.90 Å².